The molecule has 0 fully saturated rings. The number of benzene rings is 1. The zero-order chi connectivity index (χ0) is 11.7. The van der Waals surface area contributed by atoms with Crippen LogP contribution >= 0.6 is 24.0 Å². The minimum absolute atomic E-state index is 0.781. The quantitative estimate of drug-likeness (QED) is 0.600. The molecule has 2 heterocycles. The lowest BCUT2D eigenvalue weighted by molar-refractivity contribution is 1.37. The molecule has 1 aliphatic rings. The van der Waals surface area contributed by atoms with Crippen LogP contribution in [0.25, 0.3) is 6.08 Å². The fourth-order valence-corrected chi connectivity index (χ4v) is 2.91. The summed E-state index contributed by atoms with van der Waals surface area (Å²) in [7, 11) is 0. The third-order valence-corrected chi connectivity index (χ3v) is 4.06. The first-order valence-corrected chi connectivity index (χ1v) is 6.49. The SMILES string of the molecule is S=C1Nc2ccccc2S/C1=C\c1ccc[nH]1. The molecule has 0 aliphatic carbocycles. The van der Waals surface area contributed by atoms with Crippen LogP contribution in [0.3, 0.4) is 0 Å². The van der Waals surface area contributed by atoms with Crippen molar-refractivity contribution in [3.05, 3.63) is 53.2 Å². The molecule has 0 saturated heterocycles. The first-order valence-electron chi connectivity index (χ1n) is 5.26. The van der Waals surface area contributed by atoms with Crippen LogP contribution < -0.4 is 5.32 Å². The van der Waals surface area contributed by atoms with Gasteiger partial charge >= 0.3 is 0 Å². The van der Waals surface area contributed by atoms with E-state index in [1.54, 1.807) is 11.8 Å². The van der Waals surface area contributed by atoms with E-state index in [4.69, 9.17) is 12.2 Å². The molecule has 0 radical (unpaired) electrons. The predicted molar refractivity (Wildman–Crippen MR) is 77.3 cm³/mol. The van der Waals surface area contributed by atoms with Crippen molar-refractivity contribution in [2.75, 3.05) is 5.32 Å². The van der Waals surface area contributed by atoms with Crippen LogP contribution in [0, 0.1) is 0 Å². The van der Waals surface area contributed by atoms with E-state index in [-0.39, 0.29) is 0 Å². The molecule has 84 valence electrons. The van der Waals surface area contributed by atoms with Crippen LogP contribution in [0.4, 0.5) is 5.69 Å². The third-order valence-electron chi connectivity index (χ3n) is 2.49. The number of anilines is 1. The second-order valence-electron chi connectivity index (χ2n) is 3.69. The monoisotopic (exact) mass is 258 g/mol. The second-order valence-corrected chi connectivity index (χ2v) is 5.18. The molecule has 1 aromatic carbocycles. The zero-order valence-corrected chi connectivity index (χ0v) is 10.6. The van der Waals surface area contributed by atoms with E-state index < -0.39 is 0 Å². The summed E-state index contributed by atoms with van der Waals surface area (Å²) in [4.78, 5) is 6.21. The molecule has 0 saturated carbocycles. The number of nitrogens with one attached hydrogen (secondary N) is 2. The van der Waals surface area contributed by atoms with Crippen LogP contribution in [0.5, 0.6) is 0 Å². The van der Waals surface area contributed by atoms with E-state index >= 15 is 0 Å². The van der Waals surface area contributed by atoms with Crippen molar-refractivity contribution in [2.45, 2.75) is 4.90 Å². The highest BCUT2D eigenvalue weighted by Crippen LogP contribution is 2.38. The molecule has 4 heteroatoms. The Balaban J connectivity index is 1.97. The second kappa shape index (κ2) is 4.39. The Morgan fingerprint density at radius 3 is 2.82 bits per heavy atom. The summed E-state index contributed by atoms with van der Waals surface area (Å²) in [5.41, 5.74) is 2.15. The molecule has 2 nitrogen and oxygen atoms in total. The molecule has 0 bridgehead atoms. The number of thioether (sulfide) groups is 1. The number of rotatable bonds is 1. The van der Waals surface area contributed by atoms with E-state index in [0.29, 0.717) is 0 Å². The molecule has 0 atom stereocenters. The van der Waals surface area contributed by atoms with E-state index in [1.165, 1.54) is 4.90 Å². The van der Waals surface area contributed by atoms with Gasteiger partial charge in [0.25, 0.3) is 0 Å². The largest absolute Gasteiger partial charge is 0.362 e. The maximum Gasteiger partial charge on any atom is 0.117 e. The van der Waals surface area contributed by atoms with Crippen LogP contribution in [-0.2, 0) is 0 Å². The van der Waals surface area contributed by atoms with Gasteiger partial charge in [0.2, 0.25) is 0 Å². The van der Waals surface area contributed by atoms with Gasteiger partial charge in [-0.3, -0.25) is 0 Å². The predicted octanol–water partition coefficient (Wildman–Crippen LogP) is 3.90. The number of hydrogen-bond donors (Lipinski definition) is 2. The van der Waals surface area contributed by atoms with Crippen molar-refractivity contribution in [3.8, 4) is 0 Å². The van der Waals surface area contributed by atoms with Crippen molar-refractivity contribution >= 4 is 40.7 Å². The third kappa shape index (κ3) is 2.14. The van der Waals surface area contributed by atoms with Gasteiger partial charge < -0.3 is 10.3 Å². The van der Waals surface area contributed by atoms with E-state index in [2.05, 4.69) is 22.4 Å². The summed E-state index contributed by atoms with van der Waals surface area (Å²) in [5, 5.41) is 3.25. The van der Waals surface area contributed by atoms with Gasteiger partial charge in [-0.1, -0.05) is 36.1 Å². The summed E-state index contributed by atoms with van der Waals surface area (Å²) in [6, 6.07) is 12.2. The topological polar surface area (TPSA) is 27.8 Å². The number of fused-ring (bicyclic) bond motifs is 1. The van der Waals surface area contributed by atoms with E-state index in [1.807, 2.05) is 36.5 Å². The number of para-hydroxylation sites is 1. The van der Waals surface area contributed by atoms with Gasteiger partial charge in [0.05, 0.1) is 5.69 Å². The van der Waals surface area contributed by atoms with Gasteiger partial charge in [0.1, 0.15) is 4.99 Å². The minimum Gasteiger partial charge on any atom is -0.362 e. The number of aromatic amines is 1. The average molecular weight is 258 g/mol. The summed E-state index contributed by atoms with van der Waals surface area (Å²) >= 11 is 7.06. The molecule has 2 N–H and O–H groups in total. The van der Waals surface area contributed by atoms with Crippen molar-refractivity contribution in [2.24, 2.45) is 0 Å². The smallest absolute Gasteiger partial charge is 0.117 e. The van der Waals surface area contributed by atoms with Gasteiger partial charge in [0, 0.05) is 21.7 Å². The standard InChI is InChI=1S/C13H10N2S2/c16-13-12(8-9-4-3-7-14-9)17-11-6-2-1-5-10(11)15-13/h1-8,14H,(H,15,16)/b12-8-. The maximum absolute atomic E-state index is 5.36. The lowest BCUT2D eigenvalue weighted by Gasteiger charge is -2.20. The fourth-order valence-electron chi connectivity index (χ4n) is 1.68. The molecule has 17 heavy (non-hydrogen) atoms. The first-order chi connectivity index (χ1) is 8.33. The Morgan fingerprint density at radius 1 is 1.12 bits per heavy atom. The van der Waals surface area contributed by atoms with Crippen molar-refractivity contribution in [1.29, 1.82) is 0 Å². The van der Waals surface area contributed by atoms with E-state index in [0.717, 1.165) is 21.3 Å². The number of H-pyrrole nitrogens is 1. The Morgan fingerprint density at radius 2 is 2.00 bits per heavy atom. The highest BCUT2D eigenvalue weighted by molar-refractivity contribution is 8.05. The number of thiocarbonyl (C=S) groups is 1. The zero-order valence-electron chi connectivity index (χ0n) is 8.94. The molecule has 0 unspecified atom stereocenters. The van der Waals surface area contributed by atoms with Gasteiger partial charge in [-0.25, -0.2) is 0 Å². The summed E-state index contributed by atoms with van der Waals surface area (Å²) in [6.07, 6.45) is 3.97. The first kappa shape index (κ1) is 10.6. The Kier molecular flexibility index (Phi) is 2.74. The molecule has 1 aliphatic heterocycles. The van der Waals surface area contributed by atoms with Gasteiger partial charge in [-0.15, -0.1) is 0 Å². The van der Waals surface area contributed by atoms with Gasteiger partial charge in [0.15, 0.2) is 0 Å². The van der Waals surface area contributed by atoms with E-state index in [9.17, 15) is 0 Å². The summed E-state index contributed by atoms with van der Waals surface area (Å²) in [5.74, 6) is 0. The maximum atomic E-state index is 5.36. The molecule has 3 rings (SSSR count). The molecule has 1 aromatic heterocycles. The Labute approximate surface area is 109 Å². The van der Waals surface area contributed by atoms with Crippen LogP contribution in [0.15, 0.2) is 52.4 Å². The average Bonchev–Trinajstić information content (AvgIpc) is 2.83. The van der Waals surface area contributed by atoms with Crippen LogP contribution in [0.1, 0.15) is 5.69 Å². The molecule has 2 aromatic rings. The highest BCUT2D eigenvalue weighted by atomic mass is 32.2. The fraction of sp³-hybridized carbons (Fsp3) is 0. The van der Waals surface area contributed by atoms with Crippen molar-refractivity contribution in [1.82, 2.24) is 4.98 Å². The van der Waals surface area contributed by atoms with Crippen LogP contribution in [-0.4, -0.2) is 9.97 Å². The van der Waals surface area contributed by atoms with Crippen molar-refractivity contribution < 1.29 is 0 Å². The number of hydrogen-bond acceptors (Lipinski definition) is 2. The van der Waals surface area contributed by atoms with Gasteiger partial charge in [-0.2, -0.15) is 0 Å². The van der Waals surface area contributed by atoms with Crippen LogP contribution in [0.2, 0.25) is 0 Å². The summed E-state index contributed by atoms with van der Waals surface area (Å²) in [6.45, 7) is 0. The normalized spacial score (nSPS) is 16.7. The lowest BCUT2D eigenvalue weighted by atomic mass is 10.3. The molecule has 0 amide bonds. The highest BCUT2D eigenvalue weighted by Gasteiger charge is 2.17. The summed E-state index contributed by atoms with van der Waals surface area (Å²) < 4.78 is 0. The Bertz CT molecular complexity index is 585. The van der Waals surface area contributed by atoms with Gasteiger partial charge in [-0.05, 0) is 30.3 Å². The van der Waals surface area contributed by atoms with Crippen molar-refractivity contribution in [3.63, 3.8) is 0 Å². The Hall–Kier alpha value is -1.52. The molecule has 0 spiro atoms. The minimum atomic E-state index is 0.781. The lowest BCUT2D eigenvalue weighted by Crippen LogP contribution is -2.14. The number of aromatic nitrogens is 1. The molecular weight excluding hydrogens is 248 g/mol. The molecular formula is C13H10N2S2.